The number of nitrogens with one attached hydrogen (secondary N) is 1. The van der Waals surface area contributed by atoms with E-state index in [0.29, 0.717) is 0 Å². The van der Waals surface area contributed by atoms with Crippen molar-refractivity contribution in [3.05, 3.63) is 89.0 Å². The van der Waals surface area contributed by atoms with Crippen LogP contribution in [0.15, 0.2) is 77.9 Å². The SMILES string of the molecule is CNC.COC(C1=CC(=Cc2ccccc2)CCC1)(c1ccccc1)N(C)C. The number of ether oxygens (including phenoxy) is 1. The molecule has 3 rings (SSSR count). The normalized spacial score (nSPS) is 17.5. The van der Waals surface area contributed by atoms with Gasteiger partial charge in [0, 0.05) is 12.7 Å². The molecular weight excluding hydrogens is 344 g/mol. The average Bonchev–Trinajstić information content (AvgIpc) is 2.71. The first-order valence-corrected chi connectivity index (χ1v) is 9.91. The Bertz CT molecular complexity index is 766. The Morgan fingerprint density at radius 1 is 0.929 bits per heavy atom. The lowest BCUT2D eigenvalue weighted by Crippen LogP contribution is -2.45. The minimum atomic E-state index is -0.516. The van der Waals surface area contributed by atoms with E-state index in [4.69, 9.17) is 4.74 Å². The van der Waals surface area contributed by atoms with E-state index in [0.717, 1.165) is 19.3 Å². The standard InChI is InChI=1S/C23H27NO.C2H7N/c1-24(2)23(25-3,21-14-8-5-9-15-21)22-16-10-13-20(18-22)17-19-11-6-4-7-12-19;1-3-2/h4-9,11-12,14-15,17-18H,10,13,16H2,1-3H3;3H,1-2H3. The molecule has 1 unspecified atom stereocenters. The monoisotopic (exact) mass is 378 g/mol. The van der Waals surface area contributed by atoms with Crippen LogP contribution in [0.3, 0.4) is 0 Å². The quantitative estimate of drug-likeness (QED) is 0.735. The molecule has 0 bridgehead atoms. The topological polar surface area (TPSA) is 24.5 Å². The second-order valence-electron chi connectivity index (χ2n) is 7.26. The maximum absolute atomic E-state index is 6.15. The van der Waals surface area contributed by atoms with Crippen LogP contribution in [0.4, 0.5) is 0 Å². The van der Waals surface area contributed by atoms with Crippen molar-refractivity contribution < 1.29 is 4.74 Å². The van der Waals surface area contributed by atoms with Crippen LogP contribution >= 0.6 is 0 Å². The van der Waals surface area contributed by atoms with Crippen molar-refractivity contribution in [2.24, 2.45) is 0 Å². The number of allylic oxidation sites excluding steroid dienone is 2. The first-order chi connectivity index (χ1) is 13.6. The predicted octanol–water partition coefficient (Wildman–Crippen LogP) is 5.08. The van der Waals surface area contributed by atoms with Gasteiger partial charge in [-0.25, -0.2) is 0 Å². The van der Waals surface area contributed by atoms with Crippen LogP contribution in [0.2, 0.25) is 0 Å². The highest BCUT2D eigenvalue weighted by molar-refractivity contribution is 5.57. The highest BCUT2D eigenvalue weighted by atomic mass is 16.5. The summed E-state index contributed by atoms with van der Waals surface area (Å²) in [5.74, 6) is 0. The Kier molecular flexibility index (Phi) is 8.65. The molecule has 1 aliphatic carbocycles. The van der Waals surface area contributed by atoms with Crippen molar-refractivity contribution in [1.29, 1.82) is 0 Å². The van der Waals surface area contributed by atoms with Crippen LogP contribution in [0.1, 0.15) is 30.4 Å². The molecule has 0 spiro atoms. The zero-order valence-electron chi connectivity index (χ0n) is 17.9. The van der Waals surface area contributed by atoms with Crippen molar-refractivity contribution in [3.63, 3.8) is 0 Å². The molecule has 0 fully saturated rings. The predicted molar refractivity (Wildman–Crippen MR) is 120 cm³/mol. The molecule has 1 aliphatic rings. The number of nitrogens with zero attached hydrogens (tertiary/aromatic N) is 1. The molecule has 150 valence electrons. The molecule has 28 heavy (non-hydrogen) atoms. The van der Waals surface area contributed by atoms with Crippen LogP contribution < -0.4 is 5.32 Å². The zero-order chi connectivity index (χ0) is 20.4. The first-order valence-electron chi connectivity index (χ1n) is 9.91. The molecule has 0 saturated heterocycles. The molecule has 3 nitrogen and oxygen atoms in total. The second-order valence-corrected chi connectivity index (χ2v) is 7.26. The Balaban J connectivity index is 0.000000878. The van der Waals surface area contributed by atoms with Gasteiger partial charge in [-0.15, -0.1) is 0 Å². The molecule has 0 radical (unpaired) electrons. The van der Waals surface area contributed by atoms with Crippen molar-refractivity contribution in [2.45, 2.75) is 25.0 Å². The van der Waals surface area contributed by atoms with Gasteiger partial charge in [-0.2, -0.15) is 0 Å². The summed E-state index contributed by atoms with van der Waals surface area (Å²) in [5, 5.41) is 2.75. The van der Waals surface area contributed by atoms with Gasteiger partial charge in [0.2, 0.25) is 0 Å². The van der Waals surface area contributed by atoms with E-state index in [-0.39, 0.29) is 0 Å². The van der Waals surface area contributed by atoms with Crippen LogP contribution in [0, 0.1) is 0 Å². The summed E-state index contributed by atoms with van der Waals surface area (Å²) in [6, 6.07) is 21.1. The van der Waals surface area contributed by atoms with Gasteiger partial charge >= 0.3 is 0 Å². The van der Waals surface area contributed by atoms with Gasteiger partial charge in [-0.1, -0.05) is 72.8 Å². The fraction of sp³-hybridized carbons (Fsp3) is 0.360. The van der Waals surface area contributed by atoms with E-state index in [9.17, 15) is 0 Å². The Labute approximate surface area is 170 Å². The second kappa shape index (κ2) is 11.0. The Morgan fingerprint density at radius 2 is 1.50 bits per heavy atom. The minimum Gasteiger partial charge on any atom is -0.355 e. The van der Waals surface area contributed by atoms with E-state index in [1.807, 2.05) is 21.2 Å². The number of rotatable bonds is 5. The largest absolute Gasteiger partial charge is 0.355 e. The Hall–Kier alpha value is -2.20. The third-order valence-electron chi connectivity index (χ3n) is 4.95. The summed E-state index contributed by atoms with van der Waals surface area (Å²) in [7, 11) is 9.74. The molecular formula is C25H34N2O. The maximum atomic E-state index is 6.15. The van der Waals surface area contributed by atoms with Crippen LogP contribution in [0.5, 0.6) is 0 Å². The average molecular weight is 379 g/mol. The number of hydrogen-bond donors (Lipinski definition) is 1. The molecule has 0 amide bonds. The van der Waals surface area contributed by atoms with Gasteiger partial charge in [0.1, 0.15) is 0 Å². The summed E-state index contributed by atoms with van der Waals surface area (Å²) in [4.78, 5) is 2.18. The van der Waals surface area contributed by atoms with E-state index >= 15 is 0 Å². The molecule has 0 heterocycles. The lowest BCUT2D eigenvalue weighted by Gasteiger charge is -2.42. The Morgan fingerprint density at radius 3 is 2.04 bits per heavy atom. The van der Waals surface area contributed by atoms with Gasteiger partial charge < -0.3 is 10.1 Å². The number of hydrogen-bond acceptors (Lipinski definition) is 3. The van der Waals surface area contributed by atoms with E-state index in [2.05, 4.69) is 97.1 Å². The van der Waals surface area contributed by atoms with E-state index < -0.39 is 5.72 Å². The highest BCUT2D eigenvalue weighted by Gasteiger charge is 2.39. The molecule has 0 saturated carbocycles. The molecule has 1 atom stereocenters. The van der Waals surface area contributed by atoms with Gasteiger partial charge in [-0.3, -0.25) is 4.90 Å². The summed E-state index contributed by atoms with van der Waals surface area (Å²) in [6.45, 7) is 0. The number of benzene rings is 2. The smallest absolute Gasteiger partial charge is 0.169 e. The van der Waals surface area contributed by atoms with Gasteiger partial charge in [0.15, 0.2) is 5.72 Å². The summed E-state index contributed by atoms with van der Waals surface area (Å²) in [6.07, 6.45) is 7.94. The summed E-state index contributed by atoms with van der Waals surface area (Å²) in [5.41, 5.74) is 4.60. The summed E-state index contributed by atoms with van der Waals surface area (Å²) >= 11 is 0. The first kappa shape index (κ1) is 22.1. The highest BCUT2D eigenvalue weighted by Crippen LogP contribution is 2.41. The van der Waals surface area contributed by atoms with Gasteiger partial charge in [0.05, 0.1) is 0 Å². The third-order valence-corrected chi connectivity index (χ3v) is 4.95. The number of likely N-dealkylation sites (N-methyl/N-ethyl adjacent to an activating group) is 1. The van der Waals surface area contributed by atoms with Gasteiger partial charge in [-0.05, 0) is 64.2 Å². The number of methoxy groups -OCH3 is 1. The van der Waals surface area contributed by atoms with Crippen molar-refractivity contribution >= 4 is 6.08 Å². The third kappa shape index (κ3) is 5.20. The molecule has 2 aromatic carbocycles. The molecule has 0 aliphatic heterocycles. The van der Waals surface area contributed by atoms with Crippen LogP contribution in [-0.2, 0) is 10.5 Å². The lowest BCUT2D eigenvalue weighted by molar-refractivity contribution is -0.0931. The fourth-order valence-electron chi connectivity index (χ4n) is 3.82. The van der Waals surface area contributed by atoms with Gasteiger partial charge in [0.25, 0.3) is 0 Å². The summed E-state index contributed by atoms with van der Waals surface area (Å²) < 4.78 is 6.15. The molecule has 1 N–H and O–H groups in total. The van der Waals surface area contributed by atoms with Crippen LogP contribution in [0.25, 0.3) is 6.08 Å². The van der Waals surface area contributed by atoms with Crippen LogP contribution in [-0.4, -0.2) is 40.2 Å². The van der Waals surface area contributed by atoms with Crippen molar-refractivity contribution in [1.82, 2.24) is 10.2 Å². The fourth-order valence-corrected chi connectivity index (χ4v) is 3.82. The maximum Gasteiger partial charge on any atom is 0.169 e. The zero-order valence-corrected chi connectivity index (χ0v) is 17.9. The lowest BCUT2D eigenvalue weighted by atomic mass is 9.83. The molecule has 3 heteroatoms. The molecule has 2 aromatic rings. The molecule has 0 aromatic heterocycles. The van der Waals surface area contributed by atoms with E-state index in [1.165, 1.54) is 22.3 Å². The minimum absolute atomic E-state index is 0.516. The van der Waals surface area contributed by atoms with E-state index in [1.54, 1.807) is 0 Å². The van der Waals surface area contributed by atoms with Crippen molar-refractivity contribution in [2.75, 3.05) is 35.3 Å². The van der Waals surface area contributed by atoms with Crippen molar-refractivity contribution in [3.8, 4) is 0 Å².